The first-order valence-electron chi connectivity index (χ1n) is 6.62. The monoisotopic (exact) mass is 302 g/mol. The van der Waals surface area contributed by atoms with Crippen molar-refractivity contribution in [1.82, 2.24) is 15.2 Å². The lowest BCUT2D eigenvalue weighted by atomic mass is 10.1. The first kappa shape index (κ1) is 15.6. The number of nitrogens with two attached hydrogens (primary N) is 1. The molecule has 1 aliphatic heterocycles. The number of halogens is 3. The fraction of sp³-hybridized carbons (Fsp3) is 0.538. The van der Waals surface area contributed by atoms with Crippen molar-refractivity contribution >= 4 is 11.6 Å². The lowest BCUT2D eigenvalue weighted by Gasteiger charge is -2.17. The van der Waals surface area contributed by atoms with E-state index in [9.17, 15) is 18.0 Å². The number of nitrogens with zero attached hydrogens (tertiary/aromatic N) is 2. The maximum Gasteiger partial charge on any atom is 0.401 e. The third-order valence-corrected chi connectivity index (χ3v) is 3.34. The molecule has 0 aromatic carbocycles. The zero-order valence-electron chi connectivity index (χ0n) is 11.4. The van der Waals surface area contributed by atoms with E-state index in [1.165, 1.54) is 17.2 Å². The smallest absolute Gasteiger partial charge is 0.397 e. The van der Waals surface area contributed by atoms with E-state index in [0.717, 1.165) is 0 Å². The lowest BCUT2D eigenvalue weighted by molar-refractivity contribution is -0.143. The molecule has 1 aliphatic rings. The predicted octanol–water partition coefficient (Wildman–Crippen LogP) is 1.28. The van der Waals surface area contributed by atoms with Gasteiger partial charge >= 0.3 is 6.18 Å². The number of nitrogen functional groups attached to an aromatic ring is 1. The molecule has 2 heterocycles. The number of aromatic nitrogens is 1. The van der Waals surface area contributed by atoms with Crippen LogP contribution in [0.1, 0.15) is 16.9 Å². The Morgan fingerprint density at radius 3 is 2.86 bits per heavy atom. The van der Waals surface area contributed by atoms with Crippen LogP contribution in [0, 0.1) is 5.92 Å². The van der Waals surface area contributed by atoms with E-state index >= 15 is 0 Å². The van der Waals surface area contributed by atoms with Gasteiger partial charge in [0.2, 0.25) is 0 Å². The van der Waals surface area contributed by atoms with Crippen molar-refractivity contribution < 1.29 is 18.0 Å². The van der Waals surface area contributed by atoms with Gasteiger partial charge in [0.1, 0.15) is 5.69 Å². The van der Waals surface area contributed by atoms with Crippen molar-refractivity contribution in [3.8, 4) is 0 Å². The number of alkyl halides is 3. The first-order valence-corrected chi connectivity index (χ1v) is 6.62. The minimum absolute atomic E-state index is 0.0325. The van der Waals surface area contributed by atoms with Crippen LogP contribution in [0.25, 0.3) is 0 Å². The molecule has 1 fully saturated rings. The van der Waals surface area contributed by atoms with Crippen LogP contribution in [0.15, 0.2) is 18.3 Å². The van der Waals surface area contributed by atoms with Crippen molar-refractivity contribution in [2.24, 2.45) is 5.92 Å². The fourth-order valence-electron chi connectivity index (χ4n) is 2.34. The molecule has 0 radical (unpaired) electrons. The number of carbonyl (C=O) groups excluding carboxylic acids is 1. The highest BCUT2D eigenvalue weighted by molar-refractivity contribution is 5.92. The zero-order chi connectivity index (χ0) is 15.5. The second-order valence-corrected chi connectivity index (χ2v) is 5.19. The number of likely N-dealkylation sites (tertiary alicyclic amines) is 1. The van der Waals surface area contributed by atoms with Crippen LogP contribution in [0.5, 0.6) is 0 Å². The van der Waals surface area contributed by atoms with Crippen LogP contribution < -0.4 is 11.1 Å². The van der Waals surface area contributed by atoms with E-state index in [-0.39, 0.29) is 17.5 Å². The van der Waals surface area contributed by atoms with Gasteiger partial charge in [-0.25, -0.2) is 4.98 Å². The highest BCUT2D eigenvalue weighted by atomic mass is 19.4. The SMILES string of the molecule is Nc1ccc(C(=O)NCC2CCN(CC(F)(F)F)C2)nc1. The Balaban J connectivity index is 1.76. The summed E-state index contributed by atoms with van der Waals surface area (Å²) in [7, 11) is 0. The number of anilines is 1. The molecule has 1 atom stereocenters. The molecule has 8 heteroatoms. The molecule has 21 heavy (non-hydrogen) atoms. The average Bonchev–Trinajstić information content (AvgIpc) is 2.82. The molecule has 5 nitrogen and oxygen atoms in total. The van der Waals surface area contributed by atoms with Gasteiger partial charge in [0.05, 0.1) is 18.4 Å². The standard InChI is InChI=1S/C13H17F3N4O/c14-13(15,16)8-20-4-3-9(7-20)5-19-12(21)11-2-1-10(17)6-18-11/h1-2,6,9H,3-5,7-8,17H2,(H,19,21). The van der Waals surface area contributed by atoms with Crippen LogP contribution in [-0.4, -0.2) is 48.1 Å². The van der Waals surface area contributed by atoms with Gasteiger partial charge in [-0.1, -0.05) is 0 Å². The summed E-state index contributed by atoms with van der Waals surface area (Å²) in [6.07, 6.45) is -2.15. The second kappa shape index (κ2) is 6.30. The number of rotatable bonds is 4. The molecular weight excluding hydrogens is 285 g/mol. The Morgan fingerprint density at radius 1 is 1.48 bits per heavy atom. The largest absolute Gasteiger partial charge is 0.401 e. The maximum absolute atomic E-state index is 12.3. The van der Waals surface area contributed by atoms with Crippen molar-refractivity contribution in [1.29, 1.82) is 0 Å². The zero-order valence-corrected chi connectivity index (χ0v) is 11.4. The second-order valence-electron chi connectivity index (χ2n) is 5.19. The highest BCUT2D eigenvalue weighted by Crippen LogP contribution is 2.22. The number of hydrogen-bond donors (Lipinski definition) is 2. The van der Waals surface area contributed by atoms with Gasteiger partial charge in [-0.3, -0.25) is 9.69 Å². The third kappa shape index (κ3) is 4.89. The topological polar surface area (TPSA) is 71.2 Å². The van der Waals surface area contributed by atoms with Gasteiger partial charge < -0.3 is 11.1 Å². The van der Waals surface area contributed by atoms with Gasteiger partial charge in [0.25, 0.3) is 5.91 Å². The Labute approximate surface area is 120 Å². The Bertz CT molecular complexity index is 489. The molecule has 0 aliphatic carbocycles. The number of amides is 1. The third-order valence-electron chi connectivity index (χ3n) is 3.34. The molecule has 1 unspecified atom stereocenters. The quantitative estimate of drug-likeness (QED) is 0.879. The average molecular weight is 302 g/mol. The number of pyridine rings is 1. The van der Waals surface area contributed by atoms with Gasteiger partial charge in [-0.15, -0.1) is 0 Å². The summed E-state index contributed by atoms with van der Waals surface area (Å²) in [5.41, 5.74) is 6.18. The number of carbonyl (C=O) groups is 1. The minimum Gasteiger partial charge on any atom is -0.397 e. The normalized spacial score (nSPS) is 19.7. The molecule has 0 spiro atoms. The predicted molar refractivity (Wildman–Crippen MR) is 71.6 cm³/mol. The Kier molecular flexibility index (Phi) is 4.66. The van der Waals surface area contributed by atoms with E-state index in [2.05, 4.69) is 10.3 Å². The van der Waals surface area contributed by atoms with Crippen LogP contribution >= 0.6 is 0 Å². The van der Waals surface area contributed by atoms with Gasteiger partial charge in [0, 0.05) is 13.1 Å². The van der Waals surface area contributed by atoms with E-state index in [1.807, 2.05) is 0 Å². The van der Waals surface area contributed by atoms with Crippen molar-refractivity contribution in [2.75, 3.05) is 31.9 Å². The van der Waals surface area contributed by atoms with Crippen molar-refractivity contribution in [2.45, 2.75) is 12.6 Å². The summed E-state index contributed by atoms with van der Waals surface area (Å²) < 4.78 is 36.8. The molecule has 0 saturated carbocycles. The van der Waals surface area contributed by atoms with E-state index < -0.39 is 12.7 Å². The van der Waals surface area contributed by atoms with Crippen molar-refractivity contribution in [3.05, 3.63) is 24.0 Å². The van der Waals surface area contributed by atoms with Gasteiger partial charge in [0.15, 0.2) is 0 Å². The molecule has 2 rings (SSSR count). The minimum atomic E-state index is -4.17. The first-order chi connectivity index (χ1) is 9.83. The molecule has 116 valence electrons. The van der Waals surface area contributed by atoms with Gasteiger partial charge in [-0.2, -0.15) is 13.2 Å². The number of hydrogen-bond acceptors (Lipinski definition) is 4. The Hall–Kier alpha value is -1.83. The maximum atomic E-state index is 12.3. The molecule has 1 aromatic heterocycles. The summed E-state index contributed by atoms with van der Waals surface area (Å²) in [4.78, 5) is 17.1. The summed E-state index contributed by atoms with van der Waals surface area (Å²) in [6.45, 7) is 0.200. The van der Waals surface area contributed by atoms with Crippen LogP contribution in [-0.2, 0) is 0 Å². The molecule has 1 saturated heterocycles. The van der Waals surface area contributed by atoms with Crippen LogP contribution in [0.3, 0.4) is 0 Å². The number of nitrogens with one attached hydrogen (secondary N) is 1. The molecule has 1 aromatic rings. The fourth-order valence-corrected chi connectivity index (χ4v) is 2.34. The van der Waals surface area contributed by atoms with E-state index in [0.29, 0.717) is 31.7 Å². The summed E-state index contributed by atoms with van der Waals surface area (Å²) >= 11 is 0. The van der Waals surface area contributed by atoms with E-state index in [4.69, 9.17) is 5.73 Å². The highest BCUT2D eigenvalue weighted by Gasteiger charge is 2.34. The lowest BCUT2D eigenvalue weighted by Crippen LogP contribution is -2.34. The van der Waals surface area contributed by atoms with Crippen LogP contribution in [0.4, 0.5) is 18.9 Å². The molecule has 0 bridgehead atoms. The Morgan fingerprint density at radius 2 is 2.24 bits per heavy atom. The van der Waals surface area contributed by atoms with E-state index in [1.54, 1.807) is 6.07 Å². The molecule has 1 amide bonds. The van der Waals surface area contributed by atoms with Gasteiger partial charge in [-0.05, 0) is 31.0 Å². The summed E-state index contributed by atoms with van der Waals surface area (Å²) in [5.74, 6) is -0.311. The summed E-state index contributed by atoms with van der Waals surface area (Å²) in [5, 5.41) is 2.69. The summed E-state index contributed by atoms with van der Waals surface area (Å²) in [6, 6.07) is 3.08. The molecule has 3 N–H and O–H groups in total. The van der Waals surface area contributed by atoms with Crippen molar-refractivity contribution in [3.63, 3.8) is 0 Å². The molecular formula is C13H17F3N4O. The van der Waals surface area contributed by atoms with Crippen LogP contribution in [0.2, 0.25) is 0 Å².